The molecule has 2 unspecified atom stereocenters. The van der Waals surface area contributed by atoms with Gasteiger partial charge in [0.15, 0.2) is 0 Å². The van der Waals surface area contributed by atoms with Gasteiger partial charge in [-0.15, -0.1) is 0 Å². The number of ether oxygens (including phenoxy) is 1. The van der Waals surface area contributed by atoms with Gasteiger partial charge >= 0.3 is 0 Å². The van der Waals surface area contributed by atoms with Crippen LogP contribution in [0.4, 0.5) is 0 Å². The number of hydrazone groups is 1. The van der Waals surface area contributed by atoms with Crippen molar-refractivity contribution in [2.75, 3.05) is 26.2 Å². The molecule has 1 saturated heterocycles. The van der Waals surface area contributed by atoms with E-state index in [4.69, 9.17) is 10.6 Å². The third-order valence-electron chi connectivity index (χ3n) is 3.72. The number of benzene rings is 1. The van der Waals surface area contributed by atoms with Crippen LogP contribution in [0.3, 0.4) is 0 Å². The average molecular weight is 275 g/mol. The molecule has 1 aliphatic rings. The molecule has 0 aromatic heterocycles. The zero-order valence-electron chi connectivity index (χ0n) is 12.5. The van der Waals surface area contributed by atoms with E-state index in [1.54, 1.807) is 6.21 Å². The van der Waals surface area contributed by atoms with Crippen LogP contribution in [0.5, 0.6) is 5.75 Å². The number of rotatable bonds is 5. The average Bonchev–Trinajstić information content (AvgIpc) is 2.40. The summed E-state index contributed by atoms with van der Waals surface area (Å²) in [5.74, 6) is 7.62. The molecule has 2 N–H and O–H groups in total. The predicted molar refractivity (Wildman–Crippen MR) is 83.1 cm³/mol. The number of nitrogens with two attached hydrogens (primary N) is 1. The Labute approximate surface area is 121 Å². The highest BCUT2D eigenvalue weighted by Crippen LogP contribution is 2.20. The molecule has 2 atom stereocenters. The summed E-state index contributed by atoms with van der Waals surface area (Å²) in [7, 11) is 0. The van der Waals surface area contributed by atoms with Crippen molar-refractivity contribution < 1.29 is 4.74 Å². The molecule has 4 nitrogen and oxygen atoms in total. The van der Waals surface area contributed by atoms with Crippen LogP contribution in [-0.2, 0) is 0 Å². The Bertz CT molecular complexity index is 420. The van der Waals surface area contributed by atoms with E-state index in [0.717, 1.165) is 36.3 Å². The van der Waals surface area contributed by atoms with Crippen molar-refractivity contribution in [2.24, 2.45) is 22.8 Å². The van der Waals surface area contributed by atoms with Gasteiger partial charge in [0.1, 0.15) is 12.4 Å². The molecule has 1 aromatic rings. The number of hydrogen-bond donors (Lipinski definition) is 1. The fourth-order valence-corrected chi connectivity index (χ4v) is 3.00. The topological polar surface area (TPSA) is 50.8 Å². The van der Waals surface area contributed by atoms with Crippen LogP contribution in [0.1, 0.15) is 25.8 Å². The molecule has 0 saturated carbocycles. The molecule has 4 heteroatoms. The van der Waals surface area contributed by atoms with E-state index in [1.807, 2.05) is 24.3 Å². The van der Waals surface area contributed by atoms with Crippen LogP contribution >= 0.6 is 0 Å². The summed E-state index contributed by atoms with van der Waals surface area (Å²) in [6, 6.07) is 7.82. The third-order valence-corrected chi connectivity index (χ3v) is 3.72. The summed E-state index contributed by atoms with van der Waals surface area (Å²) in [5.41, 5.74) is 0.985. The fraction of sp³-hybridized carbons (Fsp3) is 0.562. The molecule has 20 heavy (non-hydrogen) atoms. The van der Waals surface area contributed by atoms with Crippen LogP contribution in [0.25, 0.3) is 0 Å². The van der Waals surface area contributed by atoms with Crippen molar-refractivity contribution in [3.63, 3.8) is 0 Å². The van der Waals surface area contributed by atoms with Crippen molar-refractivity contribution in [2.45, 2.75) is 20.3 Å². The Morgan fingerprint density at radius 3 is 2.50 bits per heavy atom. The van der Waals surface area contributed by atoms with Gasteiger partial charge in [-0.05, 0) is 48.1 Å². The summed E-state index contributed by atoms with van der Waals surface area (Å²) in [6.45, 7) is 8.80. The number of piperidine rings is 1. The van der Waals surface area contributed by atoms with Gasteiger partial charge in [0, 0.05) is 19.6 Å². The zero-order chi connectivity index (χ0) is 14.4. The molecule has 110 valence electrons. The standard InChI is InChI=1S/C16H25N3O/c1-13-9-14(2)12-19(11-13)7-8-20-16-5-3-15(4-6-16)10-18-17/h3-6,10,13-14H,7-9,11-12,17H2,1-2H3. The quantitative estimate of drug-likeness (QED) is 0.510. The second kappa shape index (κ2) is 7.29. The Kier molecular flexibility index (Phi) is 5.41. The summed E-state index contributed by atoms with van der Waals surface area (Å²) in [6.07, 6.45) is 2.97. The molecule has 1 heterocycles. The highest BCUT2D eigenvalue weighted by molar-refractivity contribution is 5.79. The monoisotopic (exact) mass is 275 g/mol. The lowest BCUT2D eigenvalue weighted by molar-refractivity contribution is 0.120. The van der Waals surface area contributed by atoms with Gasteiger partial charge < -0.3 is 10.6 Å². The van der Waals surface area contributed by atoms with Crippen molar-refractivity contribution >= 4 is 6.21 Å². The van der Waals surface area contributed by atoms with Crippen molar-refractivity contribution in [1.82, 2.24) is 4.90 Å². The minimum absolute atomic E-state index is 0.740. The van der Waals surface area contributed by atoms with E-state index in [9.17, 15) is 0 Å². The normalized spacial score (nSPS) is 24.1. The molecule has 0 spiro atoms. The highest BCUT2D eigenvalue weighted by atomic mass is 16.5. The van der Waals surface area contributed by atoms with Crippen molar-refractivity contribution in [3.05, 3.63) is 29.8 Å². The molecular formula is C16H25N3O. The second-order valence-electron chi connectivity index (χ2n) is 5.90. The first kappa shape index (κ1) is 14.9. The Hall–Kier alpha value is -1.55. The molecule has 0 bridgehead atoms. The lowest BCUT2D eigenvalue weighted by Gasteiger charge is -2.34. The van der Waals surface area contributed by atoms with E-state index >= 15 is 0 Å². The maximum atomic E-state index is 5.79. The lowest BCUT2D eigenvalue weighted by Crippen LogP contribution is -2.40. The van der Waals surface area contributed by atoms with Gasteiger partial charge in [-0.3, -0.25) is 4.90 Å². The van der Waals surface area contributed by atoms with Crippen LogP contribution in [0.15, 0.2) is 29.4 Å². The summed E-state index contributed by atoms with van der Waals surface area (Å²) in [5, 5.41) is 3.50. The number of hydrogen-bond acceptors (Lipinski definition) is 4. The largest absolute Gasteiger partial charge is 0.492 e. The smallest absolute Gasteiger partial charge is 0.119 e. The van der Waals surface area contributed by atoms with Gasteiger partial charge in [0.25, 0.3) is 0 Å². The molecule has 0 amide bonds. The Balaban J connectivity index is 1.75. The maximum absolute atomic E-state index is 5.79. The molecule has 1 aromatic carbocycles. The zero-order valence-corrected chi connectivity index (χ0v) is 12.5. The van der Waals surface area contributed by atoms with E-state index in [0.29, 0.717) is 0 Å². The molecule has 1 aliphatic heterocycles. The van der Waals surface area contributed by atoms with Gasteiger partial charge in [-0.25, -0.2) is 0 Å². The predicted octanol–water partition coefficient (Wildman–Crippen LogP) is 2.34. The lowest BCUT2D eigenvalue weighted by atomic mass is 9.92. The highest BCUT2D eigenvalue weighted by Gasteiger charge is 2.21. The molecule has 0 radical (unpaired) electrons. The Morgan fingerprint density at radius 1 is 1.25 bits per heavy atom. The third kappa shape index (κ3) is 4.53. The Morgan fingerprint density at radius 2 is 1.90 bits per heavy atom. The van der Waals surface area contributed by atoms with E-state index in [2.05, 4.69) is 23.8 Å². The van der Waals surface area contributed by atoms with Gasteiger partial charge in [-0.1, -0.05) is 13.8 Å². The van der Waals surface area contributed by atoms with Gasteiger partial charge in [-0.2, -0.15) is 5.10 Å². The van der Waals surface area contributed by atoms with Crippen LogP contribution in [-0.4, -0.2) is 37.4 Å². The molecule has 0 aliphatic carbocycles. The summed E-state index contributed by atoms with van der Waals surface area (Å²) < 4.78 is 5.79. The summed E-state index contributed by atoms with van der Waals surface area (Å²) in [4.78, 5) is 2.51. The molecule has 2 rings (SSSR count). The number of likely N-dealkylation sites (tertiary alicyclic amines) is 1. The van der Waals surface area contributed by atoms with E-state index < -0.39 is 0 Å². The van der Waals surface area contributed by atoms with Crippen LogP contribution in [0.2, 0.25) is 0 Å². The van der Waals surface area contributed by atoms with Crippen molar-refractivity contribution in [1.29, 1.82) is 0 Å². The van der Waals surface area contributed by atoms with E-state index in [1.165, 1.54) is 19.5 Å². The fourth-order valence-electron chi connectivity index (χ4n) is 3.00. The SMILES string of the molecule is CC1CC(C)CN(CCOc2ccc(C=NN)cc2)C1. The van der Waals surface area contributed by atoms with Crippen LogP contribution < -0.4 is 10.6 Å². The van der Waals surface area contributed by atoms with Crippen molar-refractivity contribution in [3.8, 4) is 5.75 Å². The van der Waals surface area contributed by atoms with Gasteiger partial charge in [0.2, 0.25) is 0 Å². The minimum Gasteiger partial charge on any atom is -0.492 e. The van der Waals surface area contributed by atoms with Crippen LogP contribution in [0, 0.1) is 11.8 Å². The first-order chi connectivity index (χ1) is 9.67. The first-order valence-corrected chi connectivity index (χ1v) is 7.36. The first-order valence-electron chi connectivity index (χ1n) is 7.36. The number of nitrogens with zero attached hydrogens (tertiary/aromatic N) is 2. The molecule has 1 fully saturated rings. The van der Waals surface area contributed by atoms with E-state index in [-0.39, 0.29) is 0 Å². The molecular weight excluding hydrogens is 250 g/mol. The maximum Gasteiger partial charge on any atom is 0.119 e. The second-order valence-corrected chi connectivity index (χ2v) is 5.90. The minimum atomic E-state index is 0.740. The summed E-state index contributed by atoms with van der Waals surface area (Å²) >= 11 is 0. The van der Waals surface area contributed by atoms with Gasteiger partial charge in [0.05, 0.1) is 6.21 Å².